The number of nitrogens with two attached hydrogens (primary N) is 1. The molecule has 0 aliphatic heterocycles. The van der Waals surface area contributed by atoms with Crippen LogP contribution < -0.4 is 11.1 Å². The summed E-state index contributed by atoms with van der Waals surface area (Å²) in [5, 5.41) is 10.1. The second-order valence-electron chi connectivity index (χ2n) is 6.96. The summed E-state index contributed by atoms with van der Waals surface area (Å²) >= 11 is 1.68. The van der Waals surface area contributed by atoms with Crippen LogP contribution in [0.5, 0.6) is 0 Å². The average Bonchev–Trinajstić information content (AvgIpc) is 3.40. The number of carbonyl (C=O) groups is 1. The number of amides is 1. The van der Waals surface area contributed by atoms with E-state index in [1.54, 1.807) is 11.8 Å². The van der Waals surface area contributed by atoms with E-state index in [1.165, 1.54) is 0 Å². The lowest BCUT2D eigenvalue weighted by Crippen LogP contribution is -2.37. The molecule has 0 bridgehead atoms. The van der Waals surface area contributed by atoms with Crippen molar-refractivity contribution < 1.29 is 4.79 Å². The van der Waals surface area contributed by atoms with Crippen LogP contribution in [0.3, 0.4) is 0 Å². The van der Waals surface area contributed by atoms with Gasteiger partial charge in [0.15, 0.2) is 5.82 Å². The molecule has 1 heterocycles. The van der Waals surface area contributed by atoms with Crippen LogP contribution in [0.4, 0.5) is 5.69 Å². The Hall–Kier alpha value is -2.35. The number of hydrogen-bond acceptors (Lipinski definition) is 5. The molecule has 29 heavy (non-hydrogen) atoms. The summed E-state index contributed by atoms with van der Waals surface area (Å²) in [6, 6.07) is 17.8. The predicted octanol–water partition coefficient (Wildman–Crippen LogP) is 4.40. The van der Waals surface area contributed by atoms with E-state index >= 15 is 0 Å². The van der Waals surface area contributed by atoms with E-state index in [0.717, 1.165) is 41.8 Å². The summed E-state index contributed by atoms with van der Waals surface area (Å²) in [5.74, 6) is 1.33. The molecule has 3 aromatic rings. The summed E-state index contributed by atoms with van der Waals surface area (Å²) in [6.45, 7) is 0.322. The van der Waals surface area contributed by atoms with E-state index < -0.39 is 4.75 Å². The summed E-state index contributed by atoms with van der Waals surface area (Å²) in [6.07, 6.45) is 3.96. The van der Waals surface area contributed by atoms with E-state index in [1.807, 2.05) is 42.5 Å². The minimum absolute atomic E-state index is 0. The van der Waals surface area contributed by atoms with Gasteiger partial charge in [-0.15, -0.1) is 24.2 Å². The highest BCUT2D eigenvalue weighted by molar-refractivity contribution is 8.01. The largest absolute Gasteiger partial charge is 0.325 e. The third kappa shape index (κ3) is 4.80. The molecule has 4 N–H and O–H groups in total. The third-order valence-corrected chi connectivity index (χ3v) is 6.50. The number of benzene rings is 2. The molecule has 1 aliphatic carbocycles. The van der Waals surface area contributed by atoms with Crippen molar-refractivity contribution in [2.45, 2.75) is 41.9 Å². The Morgan fingerprint density at radius 2 is 1.79 bits per heavy atom. The third-order valence-electron chi connectivity index (χ3n) is 5.01. The summed E-state index contributed by atoms with van der Waals surface area (Å²) in [4.78, 5) is 18.6. The van der Waals surface area contributed by atoms with Crippen LogP contribution in [-0.2, 0) is 11.3 Å². The van der Waals surface area contributed by atoms with Gasteiger partial charge in [-0.25, -0.2) is 4.98 Å². The highest BCUT2D eigenvalue weighted by Crippen LogP contribution is 2.46. The fourth-order valence-corrected chi connectivity index (χ4v) is 4.88. The van der Waals surface area contributed by atoms with Crippen LogP contribution in [0, 0.1) is 0 Å². The lowest BCUT2D eigenvalue weighted by atomic mass is 10.1. The minimum atomic E-state index is -0.403. The number of H-pyrrole nitrogens is 1. The number of aromatic amines is 1. The van der Waals surface area contributed by atoms with E-state index in [2.05, 4.69) is 32.6 Å². The van der Waals surface area contributed by atoms with Crippen molar-refractivity contribution in [3.63, 3.8) is 0 Å². The Morgan fingerprint density at radius 1 is 1.10 bits per heavy atom. The lowest BCUT2D eigenvalue weighted by molar-refractivity contribution is -0.118. The zero-order chi connectivity index (χ0) is 19.4. The van der Waals surface area contributed by atoms with Crippen LogP contribution in [0.1, 0.15) is 31.5 Å². The van der Waals surface area contributed by atoms with Gasteiger partial charge < -0.3 is 11.1 Å². The number of thioether (sulfide) groups is 1. The first-order valence-electron chi connectivity index (χ1n) is 9.46. The second kappa shape index (κ2) is 9.43. The van der Waals surface area contributed by atoms with Gasteiger partial charge in [0.1, 0.15) is 5.82 Å². The Morgan fingerprint density at radius 3 is 2.41 bits per heavy atom. The monoisotopic (exact) mass is 429 g/mol. The second-order valence-corrected chi connectivity index (χ2v) is 8.41. The molecule has 1 amide bonds. The van der Waals surface area contributed by atoms with Crippen LogP contribution in [-0.4, -0.2) is 25.8 Å². The van der Waals surface area contributed by atoms with Gasteiger partial charge in [-0.05, 0) is 49.2 Å². The van der Waals surface area contributed by atoms with Gasteiger partial charge >= 0.3 is 0 Å². The first-order chi connectivity index (χ1) is 13.7. The van der Waals surface area contributed by atoms with Crippen molar-refractivity contribution >= 4 is 35.8 Å². The highest BCUT2D eigenvalue weighted by atomic mass is 35.5. The van der Waals surface area contributed by atoms with Crippen molar-refractivity contribution in [3.8, 4) is 11.4 Å². The molecule has 0 unspecified atom stereocenters. The summed E-state index contributed by atoms with van der Waals surface area (Å²) in [7, 11) is 0. The smallest absolute Gasteiger partial charge is 0.240 e. The Labute approximate surface area is 180 Å². The standard InChI is InChI=1S/C21H23N5OS.ClH/c22-14-18-24-19(26-25-18)15-8-10-16(11-9-15)23-20(27)21(12-4-5-13-21)28-17-6-2-1-3-7-17;/h1-3,6-11H,4-5,12-14,22H2,(H,23,27)(H,24,25,26);1H. The van der Waals surface area contributed by atoms with E-state index in [0.29, 0.717) is 18.2 Å². The normalized spacial score (nSPS) is 14.9. The Balaban J connectivity index is 0.00000240. The molecule has 1 aliphatic rings. The first-order valence-corrected chi connectivity index (χ1v) is 10.3. The molecule has 4 rings (SSSR count). The molecular weight excluding hydrogens is 406 g/mol. The van der Waals surface area contributed by atoms with Crippen LogP contribution in [0.25, 0.3) is 11.4 Å². The number of halogens is 1. The molecule has 1 aromatic heterocycles. The molecule has 2 aromatic carbocycles. The van der Waals surface area contributed by atoms with Gasteiger partial charge in [-0.1, -0.05) is 31.0 Å². The molecule has 1 saturated carbocycles. The van der Waals surface area contributed by atoms with E-state index in [4.69, 9.17) is 5.73 Å². The van der Waals surface area contributed by atoms with Gasteiger partial charge in [-0.3, -0.25) is 9.89 Å². The van der Waals surface area contributed by atoms with Crippen LogP contribution in [0.15, 0.2) is 59.5 Å². The topological polar surface area (TPSA) is 96.7 Å². The van der Waals surface area contributed by atoms with Gasteiger partial charge in [0.25, 0.3) is 0 Å². The number of hydrogen-bond donors (Lipinski definition) is 3. The molecule has 1 fully saturated rings. The van der Waals surface area contributed by atoms with Crippen molar-refractivity contribution in [2.24, 2.45) is 5.73 Å². The van der Waals surface area contributed by atoms with Gasteiger partial charge in [-0.2, -0.15) is 5.10 Å². The lowest BCUT2D eigenvalue weighted by Gasteiger charge is -2.27. The van der Waals surface area contributed by atoms with Gasteiger partial charge in [0.05, 0.1) is 11.3 Å². The maximum absolute atomic E-state index is 13.2. The van der Waals surface area contributed by atoms with Crippen LogP contribution >= 0.6 is 24.2 Å². The van der Waals surface area contributed by atoms with Crippen LogP contribution in [0.2, 0.25) is 0 Å². The SMILES string of the molecule is Cl.NCc1nc(-c2ccc(NC(=O)C3(Sc4ccccc4)CCCC3)cc2)n[nH]1. The molecule has 8 heteroatoms. The number of rotatable bonds is 6. The fraction of sp³-hybridized carbons (Fsp3) is 0.286. The number of carbonyl (C=O) groups excluding carboxylic acids is 1. The summed E-state index contributed by atoms with van der Waals surface area (Å²) < 4.78 is -0.403. The predicted molar refractivity (Wildman–Crippen MR) is 119 cm³/mol. The molecule has 0 spiro atoms. The number of nitrogens with one attached hydrogen (secondary N) is 2. The quantitative estimate of drug-likeness (QED) is 0.539. The summed E-state index contributed by atoms with van der Waals surface area (Å²) in [5.41, 5.74) is 7.22. The molecular formula is C21H24ClN5OS. The molecule has 152 valence electrons. The molecule has 6 nitrogen and oxygen atoms in total. The minimum Gasteiger partial charge on any atom is -0.325 e. The van der Waals surface area contributed by atoms with Crippen molar-refractivity contribution in [1.29, 1.82) is 0 Å². The first kappa shape index (κ1) is 21.4. The van der Waals surface area contributed by atoms with E-state index in [-0.39, 0.29) is 18.3 Å². The van der Waals surface area contributed by atoms with E-state index in [9.17, 15) is 4.79 Å². The fourth-order valence-electron chi connectivity index (χ4n) is 3.50. The Kier molecular flexibility index (Phi) is 6.95. The van der Waals surface area contributed by atoms with Gasteiger partial charge in [0, 0.05) is 16.1 Å². The van der Waals surface area contributed by atoms with Crippen molar-refractivity contribution in [2.75, 3.05) is 5.32 Å². The number of anilines is 1. The maximum Gasteiger partial charge on any atom is 0.240 e. The zero-order valence-corrected chi connectivity index (χ0v) is 17.6. The number of aromatic nitrogens is 3. The van der Waals surface area contributed by atoms with Gasteiger partial charge in [0.2, 0.25) is 5.91 Å². The molecule has 0 saturated heterocycles. The molecule has 0 atom stereocenters. The van der Waals surface area contributed by atoms with Crippen molar-refractivity contribution in [3.05, 3.63) is 60.4 Å². The molecule has 0 radical (unpaired) electrons. The maximum atomic E-state index is 13.2. The highest BCUT2D eigenvalue weighted by Gasteiger charge is 2.42. The Bertz CT molecular complexity index is 939. The average molecular weight is 430 g/mol. The van der Waals surface area contributed by atoms with Crippen molar-refractivity contribution in [1.82, 2.24) is 15.2 Å². The zero-order valence-electron chi connectivity index (χ0n) is 15.9. The number of nitrogens with zero attached hydrogens (tertiary/aromatic N) is 2.